The summed E-state index contributed by atoms with van der Waals surface area (Å²) >= 11 is 0. The van der Waals surface area contributed by atoms with Crippen molar-refractivity contribution in [2.24, 2.45) is 5.73 Å². The van der Waals surface area contributed by atoms with Crippen LogP contribution in [0.5, 0.6) is 0 Å². The van der Waals surface area contributed by atoms with E-state index in [9.17, 15) is 4.57 Å². The molecule has 0 fully saturated rings. The van der Waals surface area contributed by atoms with Crippen LogP contribution in [-0.2, 0) is 9.09 Å². The Morgan fingerprint density at radius 3 is 2.69 bits per heavy atom. The number of nitrogens with two attached hydrogens (primary N) is 1. The van der Waals surface area contributed by atoms with Crippen molar-refractivity contribution in [1.82, 2.24) is 5.32 Å². The first-order valence-corrected chi connectivity index (χ1v) is 5.62. The Kier molecular flexibility index (Phi) is 6.49. The highest BCUT2D eigenvalue weighted by Gasteiger charge is 2.15. The van der Waals surface area contributed by atoms with Crippen LogP contribution in [0.4, 0.5) is 0 Å². The van der Waals surface area contributed by atoms with Crippen molar-refractivity contribution in [2.45, 2.75) is 19.4 Å². The molecule has 5 N–H and O–H groups in total. The van der Waals surface area contributed by atoms with E-state index >= 15 is 0 Å². The number of rotatable bonds is 7. The lowest BCUT2D eigenvalue weighted by atomic mass is 10.3. The Morgan fingerprint density at radius 1 is 1.62 bits per heavy atom. The molecule has 0 saturated heterocycles. The van der Waals surface area contributed by atoms with Crippen molar-refractivity contribution in [2.75, 3.05) is 19.7 Å². The summed E-state index contributed by atoms with van der Waals surface area (Å²) in [6, 6.07) is -0.0841. The van der Waals surface area contributed by atoms with E-state index in [1.165, 1.54) is 0 Å². The minimum absolute atomic E-state index is 0.00511. The second-order valence-electron chi connectivity index (χ2n) is 2.78. The second-order valence-corrected chi connectivity index (χ2v) is 4.02. The number of hydrogen-bond acceptors (Lipinski definition) is 4. The fraction of sp³-hybridized carbons (Fsp3) is 1.00. The van der Waals surface area contributed by atoms with Gasteiger partial charge in [0.15, 0.2) is 0 Å². The van der Waals surface area contributed by atoms with E-state index in [-0.39, 0.29) is 12.6 Å². The minimum Gasteiger partial charge on any atom is -0.330 e. The first-order valence-electron chi connectivity index (χ1n) is 4.09. The summed E-state index contributed by atoms with van der Waals surface area (Å²) in [7, 11) is -4.32. The molecule has 13 heavy (non-hydrogen) atoms. The highest BCUT2D eigenvalue weighted by Crippen LogP contribution is 2.35. The number of phosphoric ester groups is 1. The molecule has 0 bridgehead atoms. The molecule has 0 unspecified atom stereocenters. The standard InChI is InChI=1S/C6H17N2O4P/c1-6(8-4-2-3-7)5-12-13(9,10)11/h6,8H,2-5,7H2,1H3,(H2,9,10,11)/t6-/m0/s1. The molecule has 80 valence electrons. The zero-order chi connectivity index (χ0) is 10.3. The van der Waals surface area contributed by atoms with Gasteiger partial charge >= 0.3 is 7.82 Å². The van der Waals surface area contributed by atoms with Crippen molar-refractivity contribution in [1.29, 1.82) is 0 Å². The zero-order valence-corrected chi connectivity index (χ0v) is 8.54. The third kappa shape index (κ3) is 9.95. The van der Waals surface area contributed by atoms with Gasteiger partial charge < -0.3 is 20.8 Å². The zero-order valence-electron chi connectivity index (χ0n) is 7.64. The third-order valence-corrected chi connectivity index (χ3v) is 1.85. The van der Waals surface area contributed by atoms with Gasteiger partial charge in [0.05, 0.1) is 6.61 Å². The van der Waals surface area contributed by atoms with Crippen molar-refractivity contribution in [3.8, 4) is 0 Å². The Labute approximate surface area is 77.7 Å². The molecule has 0 rings (SSSR count). The summed E-state index contributed by atoms with van der Waals surface area (Å²) in [5, 5.41) is 3.01. The molecular weight excluding hydrogens is 195 g/mol. The van der Waals surface area contributed by atoms with Crippen molar-refractivity contribution < 1.29 is 18.9 Å². The van der Waals surface area contributed by atoms with Crippen molar-refractivity contribution in [3.05, 3.63) is 0 Å². The number of nitrogens with one attached hydrogen (secondary N) is 1. The summed E-state index contributed by atoms with van der Waals surface area (Å²) < 4.78 is 14.6. The van der Waals surface area contributed by atoms with Gasteiger partial charge in [-0.3, -0.25) is 4.52 Å². The maximum atomic E-state index is 10.3. The first-order chi connectivity index (χ1) is 5.95. The van der Waals surface area contributed by atoms with Crippen LogP contribution in [0.15, 0.2) is 0 Å². The predicted molar refractivity (Wildman–Crippen MR) is 49.1 cm³/mol. The van der Waals surface area contributed by atoms with Crippen molar-refractivity contribution in [3.63, 3.8) is 0 Å². The van der Waals surface area contributed by atoms with Crippen LogP contribution in [0.2, 0.25) is 0 Å². The Hall–Kier alpha value is 0.0300. The fourth-order valence-corrected chi connectivity index (χ4v) is 1.14. The van der Waals surface area contributed by atoms with Gasteiger partial charge in [0.25, 0.3) is 0 Å². The summed E-state index contributed by atoms with van der Waals surface area (Å²) in [6.07, 6.45) is 0.834. The van der Waals surface area contributed by atoms with Crippen molar-refractivity contribution >= 4 is 7.82 Å². The molecular formula is C6H17N2O4P. The second kappa shape index (κ2) is 6.48. The van der Waals surface area contributed by atoms with E-state index in [4.69, 9.17) is 15.5 Å². The Morgan fingerprint density at radius 2 is 2.23 bits per heavy atom. The van der Waals surface area contributed by atoms with E-state index in [1.54, 1.807) is 6.92 Å². The summed E-state index contributed by atoms with van der Waals surface area (Å²) in [5.74, 6) is 0. The van der Waals surface area contributed by atoms with Gasteiger partial charge in [-0.05, 0) is 26.4 Å². The maximum absolute atomic E-state index is 10.3. The van der Waals surface area contributed by atoms with Crippen LogP contribution in [0.3, 0.4) is 0 Å². The van der Waals surface area contributed by atoms with E-state index in [2.05, 4.69) is 9.84 Å². The molecule has 1 atom stereocenters. The van der Waals surface area contributed by atoms with Crippen LogP contribution in [0.25, 0.3) is 0 Å². The molecule has 0 aliphatic carbocycles. The monoisotopic (exact) mass is 212 g/mol. The average molecular weight is 212 g/mol. The maximum Gasteiger partial charge on any atom is 0.469 e. The SMILES string of the molecule is C[C@@H](COP(=O)(O)O)NCCCN. The molecule has 7 heteroatoms. The highest BCUT2D eigenvalue weighted by atomic mass is 31.2. The first kappa shape index (κ1) is 13.0. The smallest absolute Gasteiger partial charge is 0.330 e. The Bertz CT molecular complexity index is 172. The summed E-state index contributed by atoms with van der Waals surface area (Å²) in [6.45, 7) is 3.10. The van der Waals surface area contributed by atoms with Crippen LogP contribution in [0.1, 0.15) is 13.3 Å². The van der Waals surface area contributed by atoms with E-state index in [0.717, 1.165) is 13.0 Å². The molecule has 0 saturated carbocycles. The molecule has 0 heterocycles. The van der Waals surface area contributed by atoms with Crippen LogP contribution >= 0.6 is 7.82 Å². The van der Waals surface area contributed by atoms with Crippen LogP contribution < -0.4 is 11.1 Å². The lowest BCUT2D eigenvalue weighted by Gasteiger charge is -2.13. The van der Waals surface area contributed by atoms with E-state index in [0.29, 0.717) is 6.54 Å². The molecule has 0 radical (unpaired) electrons. The van der Waals surface area contributed by atoms with Gasteiger partial charge in [-0.2, -0.15) is 0 Å². The van der Waals surface area contributed by atoms with Gasteiger partial charge in [-0.1, -0.05) is 0 Å². The minimum atomic E-state index is -4.32. The van der Waals surface area contributed by atoms with Crippen LogP contribution in [-0.4, -0.2) is 35.5 Å². The topological polar surface area (TPSA) is 105 Å². The quantitative estimate of drug-likeness (QED) is 0.332. The molecule has 0 aromatic carbocycles. The molecule has 0 amide bonds. The normalized spacial score (nSPS) is 14.5. The molecule has 0 aliphatic heterocycles. The lowest BCUT2D eigenvalue weighted by Crippen LogP contribution is -2.31. The average Bonchev–Trinajstić information content (AvgIpc) is 2.00. The van der Waals surface area contributed by atoms with Gasteiger partial charge in [0.1, 0.15) is 0 Å². The van der Waals surface area contributed by atoms with Gasteiger partial charge in [-0.25, -0.2) is 4.57 Å². The number of phosphoric acid groups is 1. The summed E-state index contributed by atoms with van der Waals surface area (Å²) in [5.41, 5.74) is 5.26. The predicted octanol–water partition coefficient (Wildman–Crippen LogP) is -0.577. The van der Waals surface area contributed by atoms with Gasteiger partial charge in [0, 0.05) is 6.04 Å². The molecule has 6 nitrogen and oxygen atoms in total. The van der Waals surface area contributed by atoms with Crippen LogP contribution in [0, 0.1) is 0 Å². The molecule has 0 aromatic heterocycles. The fourth-order valence-electron chi connectivity index (χ4n) is 0.718. The van der Waals surface area contributed by atoms with E-state index < -0.39 is 7.82 Å². The summed E-state index contributed by atoms with van der Waals surface area (Å²) in [4.78, 5) is 16.8. The highest BCUT2D eigenvalue weighted by molar-refractivity contribution is 7.46. The molecule has 0 aromatic rings. The molecule has 0 aliphatic rings. The lowest BCUT2D eigenvalue weighted by molar-refractivity contribution is 0.180. The molecule has 0 spiro atoms. The number of hydrogen-bond donors (Lipinski definition) is 4. The van der Waals surface area contributed by atoms with Gasteiger partial charge in [0.2, 0.25) is 0 Å². The van der Waals surface area contributed by atoms with Gasteiger partial charge in [-0.15, -0.1) is 0 Å². The Balaban J connectivity index is 3.40. The van der Waals surface area contributed by atoms with E-state index in [1.807, 2.05) is 0 Å². The largest absolute Gasteiger partial charge is 0.469 e. The third-order valence-electron chi connectivity index (χ3n) is 1.37.